The highest BCUT2D eigenvalue weighted by atomic mass is 35.5. The molecule has 2 N–H and O–H groups in total. The Morgan fingerprint density at radius 3 is 2.71 bits per heavy atom. The van der Waals surface area contributed by atoms with Crippen molar-refractivity contribution < 1.29 is 14.3 Å². The number of rotatable bonds is 9. The number of halogens is 1. The number of ether oxygens (including phenoxy) is 2. The van der Waals surface area contributed by atoms with Crippen molar-refractivity contribution in [2.24, 2.45) is 0 Å². The molecule has 1 amide bonds. The van der Waals surface area contributed by atoms with Gasteiger partial charge in [-0.3, -0.25) is 4.79 Å². The number of hydrogen-bond donors (Lipinski definition) is 2. The molecule has 0 saturated heterocycles. The molecule has 0 aliphatic rings. The largest absolute Gasteiger partial charge is 0.493 e. The molecule has 118 valence electrons. The second-order valence-electron chi connectivity index (χ2n) is 4.52. The number of carbonyl (C=O) groups excluding carboxylic acids is 1. The number of benzene rings is 1. The molecule has 0 aromatic heterocycles. The molecule has 0 saturated carbocycles. The van der Waals surface area contributed by atoms with Crippen molar-refractivity contribution in [1.29, 1.82) is 0 Å². The lowest BCUT2D eigenvalue weighted by Gasteiger charge is -2.16. The standard InChI is InChI=1S/C15H23ClN2O3/c1-4-6-18-14(19)10-21-15-11(9-17-5-2)7-12(16)8-13(15)20-3/h7-8,17H,4-6,9-10H2,1-3H3,(H,18,19). The summed E-state index contributed by atoms with van der Waals surface area (Å²) in [5.41, 5.74) is 0.865. The zero-order valence-electron chi connectivity index (χ0n) is 12.8. The molecule has 0 fully saturated rings. The topological polar surface area (TPSA) is 59.6 Å². The van der Waals surface area contributed by atoms with Crippen LogP contribution in [0.5, 0.6) is 11.5 Å². The summed E-state index contributed by atoms with van der Waals surface area (Å²) in [6.07, 6.45) is 0.891. The summed E-state index contributed by atoms with van der Waals surface area (Å²) >= 11 is 6.07. The lowest BCUT2D eigenvalue weighted by atomic mass is 10.2. The fraction of sp³-hybridized carbons (Fsp3) is 0.533. The SMILES string of the molecule is CCCNC(=O)COc1c(CNCC)cc(Cl)cc1OC. The first-order chi connectivity index (χ1) is 10.1. The summed E-state index contributed by atoms with van der Waals surface area (Å²) in [5.74, 6) is 0.927. The molecular formula is C15H23ClN2O3. The van der Waals surface area contributed by atoms with E-state index in [1.165, 1.54) is 0 Å². The maximum absolute atomic E-state index is 11.6. The van der Waals surface area contributed by atoms with Crippen molar-refractivity contribution >= 4 is 17.5 Å². The Hall–Kier alpha value is -1.46. The Morgan fingerprint density at radius 1 is 1.33 bits per heavy atom. The second kappa shape index (κ2) is 9.47. The van der Waals surface area contributed by atoms with Crippen LogP contribution in [0.4, 0.5) is 0 Å². The third kappa shape index (κ3) is 5.81. The van der Waals surface area contributed by atoms with Crippen molar-refractivity contribution in [3.8, 4) is 11.5 Å². The fourth-order valence-electron chi connectivity index (χ4n) is 1.78. The maximum atomic E-state index is 11.6. The van der Waals surface area contributed by atoms with Crippen molar-refractivity contribution in [2.75, 3.05) is 26.8 Å². The lowest BCUT2D eigenvalue weighted by molar-refractivity contribution is -0.123. The summed E-state index contributed by atoms with van der Waals surface area (Å²) in [5, 5.41) is 6.55. The molecule has 0 radical (unpaired) electrons. The molecule has 1 rings (SSSR count). The van der Waals surface area contributed by atoms with E-state index >= 15 is 0 Å². The Morgan fingerprint density at radius 2 is 2.10 bits per heavy atom. The first kappa shape index (κ1) is 17.6. The van der Waals surface area contributed by atoms with E-state index in [0.29, 0.717) is 29.6 Å². The van der Waals surface area contributed by atoms with Crippen molar-refractivity contribution in [3.63, 3.8) is 0 Å². The number of carbonyl (C=O) groups is 1. The minimum absolute atomic E-state index is 0.0445. The number of nitrogens with one attached hydrogen (secondary N) is 2. The lowest BCUT2D eigenvalue weighted by Crippen LogP contribution is -2.29. The van der Waals surface area contributed by atoms with E-state index in [1.807, 2.05) is 19.9 Å². The molecule has 0 aliphatic heterocycles. The van der Waals surface area contributed by atoms with Gasteiger partial charge in [-0.1, -0.05) is 25.4 Å². The predicted octanol–water partition coefficient (Wildman–Crippen LogP) is 2.36. The van der Waals surface area contributed by atoms with Gasteiger partial charge in [0.2, 0.25) is 0 Å². The predicted molar refractivity (Wildman–Crippen MR) is 84.2 cm³/mol. The van der Waals surface area contributed by atoms with Gasteiger partial charge in [0.1, 0.15) is 0 Å². The summed E-state index contributed by atoms with van der Waals surface area (Å²) in [7, 11) is 1.55. The van der Waals surface area contributed by atoms with E-state index in [4.69, 9.17) is 21.1 Å². The van der Waals surface area contributed by atoms with E-state index in [0.717, 1.165) is 18.5 Å². The average Bonchev–Trinajstić information content (AvgIpc) is 2.48. The van der Waals surface area contributed by atoms with Crippen LogP contribution in [0.25, 0.3) is 0 Å². The van der Waals surface area contributed by atoms with Crippen molar-refractivity contribution in [3.05, 3.63) is 22.7 Å². The van der Waals surface area contributed by atoms with Crippen LogP contribution >= 0.6 is 11.6 Å². The van der Waals surface area contributed by atoms with Crippen LogP contribution in [0.3, 0.4) is 0 Å². The van der Waals surface area contributed by atoms with Crippen LogP contribution in [0.15, 0.2) is 12.1 Å². The molecule has 0 unspecified atom stereocenters. The summed E-state index contributed by atoms with van der Waals surface area (Å²) < 4.78 is 10.9. The molecule has 21 heavy (non-hydrogen) atoms. The molecule has 0 spiro atoms. The van der Waals surface area contributed by atoms with E-state index < -0.39 is 0 Å². The van der Waals surface area contributed by atoms with Crippen LogP contribution in [0.2, 0.25) is 5.02 Å². The highest BCUT2D eigenvalue weighted by Crippen LogP contribution is 2.34. The Kier molecular flexibility index (Phi) is 7.93. The summed E-state index contributed by atoms with van der Waals surface area (Å²) in [4.78, 5) is 11.6. The second-order valence-corrected chi connectivity index (χ2v) is 4.95. The van der Waals surface area contributed by atoms with Gasteiger partial charge in [0, 0.05) is 29.7 Å². The van der Waals surface area contributed by atoms with Gasteiger partial charge in [-0.15, -0.1) is 0 Å². The first-order valence-corrected chi connectivity index (χ1v) is 7.46. The molecule has 1 aromatic rings. The Labute approximate surface area is 131 Å². The molecule has 5 nitrogen and oxygen atoms in total. The molecule has 0 aliphatic carbocycles. The molecule has 6 heteroatoms. The van der Waals surface area contributed by atoms with E-state index in [1.54, 1.807) is 13.2 Å². The minimum atomic E-state index is -0.150. The van der Waals surface area contributed by atoms with Gasteiger partial charge < -0.3 is 20.1 Å². The van der Waals surface area contributed by atoms with Crippen LogP contribution in [-0.2, 0) is 11.3 Å². The molecule has 1 aromatic carbocycles. The summed E-state index contributed by atoms with van der Waals surface area (Å²) in [6.45, 7) is 6.03. The van der Waals surface area contributed by atoms with Gasteiger partial charge in [0.15, 0.2) is 18.1 Å². The highest BCUT2D eigenvalue weighted by molar-refractivity contribution is 6.30. The third-order valence-corrected chi connectivity index (χ3v) is 3.02. The van der Waals surface area contributed by atoms with Crippen LogP contribution in [0, 0.1) is 0 Å². The third-order valence-electron chi connectivity index (χ3n) is 2.80. The maximum Gasteiger partial charge on any atom is 0.257 e. The van der Waals surface area contributed by atoms with E-state index in [9.17, 15) is 4.79 Å². The molecular weight excluding hydrogens is 292 g/mol. The van der Waals surface area contributed by atoms with Gasteiger partial charge in [-0.25, -0.2) is 0 Å². The number of methoxy groups -OCH3 is 1. The first-order valence-electron chi connectivity index (χ1n) is 7.08. The monoisotopic (exact) mass is 314 g/mol. The quantitative estimate of drug-likeness (QED) is 0.734. The fourth-order valence-corrected chi connectivity index (χ4v) is 2.01. The van der Waals surface area contributed by atoms with Gasteiger partial charge >= 0.3 is 0 Å². The van der Waals surface area contributed by atoms with Gasteiger partial charge in [0.05, 0.1) is 7.11 Å². The van der Waals surface area contributed by atoms with Crippen LogP contribution < -0.4 is 20.1 Å². The van der Waals surface area contributed by atoms with Gasteiger partial charge in [-0.2, -0.15) is 0 Å². The van der Waals surface area contributed by atoms with Gasteiger partial charge in [-0.05, 0) is 19.0 Å². The van der Waals surface area contributed by atoms with E-state index in [-0.39, 0.29) is 12.5 Å². The number of amides is 1. The Balaban J connectivity index is 2.83. The minimum Gasteiger partial charge on any atom is -0.493 e. The zero-order chi connectivity index (χ0) is 15.7. The molecule has 0 atom stereocenters. The molecule has 0 heterocycles. The Bertz CT molecular complexity index is 466. The smallest absolute Gasteiger partial charge is 0.257 e. The summed E-state index contributed by atoms with van der Waals surface area (Å²) in [6, 6.07) is 3.49. The van der Waals surface area contributed by atoms with Crippen LogP contribution in [0.1, 0.15) is 25.8 Å². The van der Waals surface area contributed by atoms with E-state index in [2.05, 4.69) is 10.6 Å². The van der Waals surface area contributed by atoms with Crippen molar-refractivity contribution in [1.82, 2.24) is 10.6 Å². The van der Waals surface area contributed by atoms with Gasteiger partial charge in [0.25, 0.3) is 5.91 Å². The van der Waals surface area contributed by atoms with Crippen molar-refractivity contribution in [2.45, 2.75) is 26.8 Å². The number of hydrogen-bond acceptors (Lipinski definition) is 4. The highest BCUT2D eigenvalue weighted by Gasteiger charge is 2.14. The van der Waals surface area contributed by atoms with Crippen LogP contribution in [-0.4, -0.2) is 32.7 Å². The zero-order valence-corrected chi connectivity index (χ0v) is 13.5. The normalized spacial score (nSPS) is 10.3. The molecule has 0 bridgehead atoms. The average molecular weight is 315 g/mol.